The van der Waals surface area contributed by atoms with Gasteiger partial charge in [0.25, 0.3) is 0 Å². The van der Waals surface area contributed by atoms with E-state index in [4.69, 9.17) is 4.98 Å². The van der Waals surface area contributed by atoms with Crippen molar-refractivity contribution >= 4 is 27.5 Å². The van der Waals surface area contributed by atoms with Gasteiger partial charge in [0.15, 0.2) is 0 Å². The Hall–Kier alpha value is -3.13. The zero-order valence-electron chi connectivity index (χ0n) is 14.1. The summed E-state index contributed by atoms with van der Waals surface area (Å²) < 4.78 is 2.20. The summed E-state index contributed by atoms with van der Waals surface area (Å²) in [4.78, 5) is 4.93. The Bertz CT molecular complexity index is 1210. The minimum Gasteiger partial charge on any atom is -0.299 e. The Morgan fingerprint density at radius 1 is 0.880 bits per heavy atom. The van der Waals surface area contributed by atoms with E-state index in [1.54, 1.807) is 0 Å². The molecule has 2 heteroatoms. The first-order valence-electron chi connectivity index (χ1n) is 8.73. The fourth-order valence-corrected chi connectivity index (χ4v) is 3.64. The van der Waals surface area contributed by atoms with Crippen LogP contribution in [0, 0.1) is 0 Å². The van der Waals surface area contributed by atoms with Crippen molar-refractivity contribution in [3.8, 4) is 11.1 Å². The smallest absolute Gasteiger partial charge is 0.137 e. The summed E-state index contributed by atoms with van der Waals surface area (Å²) in [6.07, 6.45) is 3.16. The van der Waals surface area contributed by atoms with E-state index in [1.165, 1.54) is 33.0 Å². The zero-order valence-corrected chi connectivity index (χ0v) is 14.1. The SMILES string of the molecule is CCc1ccc(-c2cc3ccccc3c3nc4ccccn4c23)cc1. The normalized spacial score (nSPS) is 11.6. The summed E-state index contributed by atoms with van der Waals surface area (Å²) >= 11 is 0. The molecule has 0 atom stereocenters. The fourth-order valence-electron chi connectivity index (χ4n) is 3.64. The Labute approximate surface area is 146 Å². The first-order chi connectivity index (χ1) is 12.3. The average molecular weight is 322 g/mol. The van der Waals surface area contributed by atoms with Crippen LogP contribution in [0.25, 0.3) is 38.6 Å². The Morgan fingerprint density at radius 3 is 2.52 bits per heavy atom. The molecule has 25 heavy (non-hydrogen) atoms. The molecule has 2 nitrogen and oxygen atoms in total. The number of fused-ring (bicyclic) bond motifs is 5. The van der Waals surface area contributed by atoms with Crippen LogP contribution in [0.4, 0.5) is 0 Å². The summed E-state index contributed by atoms with van der Waals surface area (Å²) in [6, 6.07) is 25.9. The third-order valence-corrected chi connectivity index (χ3v) is 4.97. The quantitative estimate of drug-likeness (QED) is 0.397. The number of pyridine rings is 1. The second-order valence-corrected chi connectivity index (χ2v) is 6.43. The molecule has 2 heterocycles. The highest BCUT2D eigenvalue weighted by atomic mass is 15.0. The number of aromatic nitrogens is 2. The van der Waals surface area contributed by atoms with E-state index in [0.717, 1.165) is 17.6 Å². The van der Waals surface area contributed by atoms with Crippen LogP contribution in [0.15, 0.2) is 79.0 Å². The molecule has 0 aliphatic carbocycles. The van der Waals surface area contributed by atoms with Crippen molar-refractivity contribution in [2.24, 2.45) is 0 Å². The lowest BCUT2D eigenvalue weighted by Gasteiger charge is -2.09. The van der Waals surface area contributed by atoms with Crippen LogP contribution in [0.2, 0.25) is 0 Å². The summed E-state index contributed by atoms with van der Waals surface area (Å²) in [7, 11) is 0. The van der Waals surface area contributed by atoms with E-state index < -0.39 is 0 Å². The van der Waals surface area contributed by atoms with Gasteiger partial charge in [-0.15, -0.1) is 0 Å². The first-order valence-corrected chi connectivity index (χ1v) is 8.73. The monoisotopic (exact) mass is 322 g/mol. The van der Waals surface area contributed by atoms with Crippen molar-refractivity contribution < 1.29 is 0 Å². The van der Waals surface area contributed by atoms with E-state index in [1.807, 2.05) is 6.07 Å². The van der Waals surface area contributed by atoms with Crippen molar-refractivity contribution in [2.75, 3.05) is 0 Å². The number of nitrogens with zero attached hydrogens (tertiary/aromatic N) is 2. The van der Waals surface area contributed by atoms with Gasteiger partial charge >= 0.3 is 0 Å². The fraction of sp³-hybridized carbons (Fsp3) is 0.0870. The van der Waals surface area contributed by atoms with Gasteiger partial charge in [-0.25, -0.2) is 4.98 Å². The van der Waals surface area contributed by atoms with E-state index in [0.29, 0.717) is 0 Å². The average Bonchev–Trinajstić information content (AvgIpc) is 3.07. The predicted octanol–water partition coefficient (Wildman–Crippen LogP) is 5.87. The highest BCUT2D eigenvalue weighted by molar-refractivity contribution is 6.11. The van der Waals surface area contributed by atoms with Crippen LogP contribution >= 0.6 is 0 Å². The molecule has 3 aromatic carbocycles. The maximum absolute atomic E-state index is 4.93. The molecule has 0 fully saturated rings. The van der Waals surface area contributed by atoms with E-state index in [2.05, 4.69) is 84.3 Å². The zero-order chi connectivity index (χ0) is 16.8. The summed E-state index contributed by atoms with van der Waals surface area (Å²) in [5.41, 5.74) is 7.06. The molecular weight excluding hydrogens is 304 g/mol. The van der Waals surface area contributed by atoms with Gasteiger partial charge in [-0.2, -0.15) is 0 Å². The lowest BCUT2D eigenvalue weighted by molar-refractivity contribution is 1.14. The molecule has 0 saturated carbocycles. The lowest BCUT2D eigenvalue weighted by Crippen LogP contribution is -1.88. The second-order valence-electron chi connectivity index (χ2n) is 6.43. The van der Waals surface area contributed by atoms with Crippen LogP contribution < -0.4 is 0 Å². The van der Waals surface area contributed by atoms with E-state index >= 15 is 0 Å². The molecule has 5 aromatic rings. The topological polar surface area (TPSA) is 17.3 Å². The largest absolute Gasteiger partial charge is 0.299 e. The molecule has 5 rings (SSSR count). The number of imidazole rings is 1. The molecule has 2 aromatic heterocycles. The Morgan fingerprint density at radius 2 is 1.68 bits per heavy atom. The molecule has 0 saturated heterocycles. The highest BCUT2D eigenvalue weighted by Crippen LogP contribution is 2.35. The second kappa shape index (κ2) is 5.45. The standard InChI is InChI=1S/C23H18N2/c1-2-16-10-12-17(13-11-16)20-15-18-7-3-4-8-19(18)22-23(20)25-14-6-5-9-21(25)24-22/h3-15H,2H2,1H3. The third kappa shape index (κ3) is 2.14. The van der Waals surface area contributed by atoms with E-state index in [9.17, 15) is 0 Å². The highest BCUT2D eigenvalue weighted by Gasteiger charge is 2.14. The molecule has 0 aliphatic heterocycles. The molecule has 0 spiro atoms. The van der Waals surface area contributed by atoms with Crippen LogP contribution in [-0.2, 0) is 6.42 Å². The van der Waals surface area contributed by atoms with Crippen molar-refractivity contribution in [3.05, 3.63) is 84.6 Å². The molecule has 0 bridgehead atoms. The molecule has 0 radical (unpaired) electrons. The van der Waals surface area contributed by atoms with Gasteiger partial charge in [0.05, 0.1) is 11.0 Å². The molecule has 0 N–H and O–H groups in total. The minimum atomic E-state index is 0.986. The van der Waals surface area contributed by atoms with Gasteiger partial charge in [0.2, 0.25) is 0 Å². The van der Waals surface area contributed by atoms with E-state index in [-0.39, 0.29) is 0 Å². The first kappa shape index (κ1) is 14.2. The van der Waals surface area contributed by atoms with Gasteiger partial charge in [0, 0.05) is 17.1 Å². The molecule has 120 valence electrons. The van der Waals surface area contributed by atoms with Crippen molar-refractivity contribution in [1.82, 2.24) is 9.38 Å². The summed E-state index contributed by atoms with van der Waals surface area (Å²) in [5, 5.41) is 2.43. The van der Waals surface area contributed by atoms with Crippen LogP contribution in [0.1, 0.15) is 12.5 Å². The van der Waals surface area contributed by atoms with Crippen molar-refractivity contribution in [1.29, 1.82) is 0 Å². The summed E-state index contributed by atoms with van der Waals surface area (Å²) in [5.74, 6) is 0. The van der Waals surface area contributed by atoms with Crippen LogP contribution in [0.5, 0.6) is 0 Å². The molecule has 0 unspecified atom stereocenters. The minimum absolute atomic E-state index is 0.986. The van der Waals surface area contributed by atoms with Crippen LogP contribution in [-0.4, -0.2) is 9.38 Å². The van der Waals surface area contributed by atoms with Crippen LogP contribution in [0.3, 0.4) is 0 Å². The Kier molecular flexibility index (Phi) is 3.10. The van der Waals surface area contributed by atoms with Gasteiger partial charge < -0.3 is 0 Å². The van der Waals surface area contributed by atoms with Gasteiger partial charge in [0.1, 0.15) is 5.65 Å². The number of hydrogen-bond donors (Lipinski definition) is 0. The molecule has 0 aliphatic rings. The Balaban J connectivity index is 1.95. The van der Waals surface area contributed by atoms with Gasteiger partial charge in [-0.3, -0.25) is 4.40 Å². The third-order valence-electron chi connectivity index (χ3n) is 4.97. The van der Waals surface area contributed by atoms with Crippen molar-refractivity contribution in [2.45, 2.75) is 13.3 Å². The number of rotatable bonds is 2. The summed E-state index contributed by atoms with van der Waals surface area (Å²) in [6.45, 7) is 2.19. The maximum Gasteiger partial charge on any atom is 0.137 e. The number of benzene rings is 3. The predicted molar refractivity (Wildman–Crippen MR) is 105 cm³/mol. The molecule has 0 amide bonds. The maximum atomic E-state index is 4.93. The van der Waals surface area contributed by atoms with Gasteiger partial charge in [-0.1, -0.05) is 61.5 Å². The lowest BCUT2D eigenvalue weighted by atomic mass is 9.98. The number of aryl methyl sites for hydroxylation is 1. The number of hydrogen-bond acceptors (Lipinski definition) is 1. The van der Waals surface area contributed by atoms with Crippen molar-refractivity contribution in [3.63, 3.8) is 0 Å². The van der Waals surface area contributed by atoms with Gasteiger partial charge in [-0.05, 0) is 41.1 Å². The molecular formula is C23H18N2.